The van der Waals surface area contributed by atoms with E-state index in [1.165, 1.54) is 29.8 Å². The van der Waals surface area contributed by atoms with Gasteiger partial charge in [-0.3, -0.25) is 9.59 Å². The summed E-state index contributed by atoms with van der Waals surface area (Å²) in [6.07, 6.45) is 2.65. The lowest BCUT2D eigenvalue weighted by molar-refractivity contribution is -0.125. The Hall–Kier alpha value is -3.49. The molecule has 0 spiro atoms. The second-order valence-electron chi connectivity index (χ2n) is 9.68. The Morgan fingerprint density at radius 1 is 1.00 bits per heavy atom. The Morgan fingerprint density at radius 2 is 1.70 bits per heavy atom. The third-order valence-electron chi connectivity index (χ3n) is 7.03. The monoisotopic (exact) mass is 502 g/mol. The fourth-order valence-corrected chi connectivity index (χ4v) is 5.07. The molecule has 4 N–H and O–H groups in total. The Bertz CT molecular complexity index is 1230. The number of amides is 2. The molecule has 0 saturated heterocycles. The summed E-state index contributed by atoms with van der Waals surface area (Å²) in [5.41, 5.74) is 4.63. The summed E-state index contributed by atoms with van der Waals surface area (Å²) in [6.45, 7) is 1.93. The number of halogens is 1. The van der Waals surface area contributed by atoms with Crippen molar-refractivity contribution in [2.24, 2.45) is 0 Å². The molecule has 192 valence electrons. The number of carbonyl (C=O) groups is 2. The van der Waals surface area contributed by atoms with E-state index in [-0.39, 0.29) is 24.7 Å². The highest BCUT2D eigenvalue weighted by Crippen LogP contribution is 2.32. The Labute approximate surface area is 217 Å². The molecule has 3 aromatic carbocycles. The first-order chi connectivity index (χ1) is 17.8. The van der Waals surface area contributed by atoms with Gasteiger partial charge < -0.3 is 20.7 Å². The highest BCUT2D eigenvalue weighted by atomic mass is 19.1. The van der Waals surface area contributed by atoms with Crippen LogP contribution in [0.4, 0.5) is 4.39 Å². The van der Waals surface area contributed by atoms with Crippen molar-refractivity contribution in [3.05, 3.63) is 106 Å². The van der Waals surface area contributed by atoms with Crippen LogP contribution in [-0.2, 0) is 22.4 Å². The maximum atomic E-state index is 13.5. The lowest BCUT2D eigenvalue weighted by atomic mass is 9.75. The third-order valence-corrected chi connectivity index (χ3v) is 7.03. The van der Waals surface area contributed by atoms with E-state index < -0.39 is 30.8 Å². The highest BCUT2D eigenvalue weighted by Gasteiger charge is 2.31. The number of fused-ring (bicyclic) bond motifs is 1. The van der Waals surface area contributed by atoms with E-state index in [2.05, 4.69) is 16.7 Å². The average molecular weight is 502 g/mol. The first-order valence-electron chi connectivity index (χ1n) is 12.7. The minimum atomic E-state index is -1.81. The zero-order valence-electron chi connectivity index (χ0n) is 20.9. The minimum Gasteiger partial charge on any atom is -0.426 e. The van der Waals surface area contributed by atoms with Crippen LogP contribution in [0.3, 0.4) is 0 Å². The van der Waals surface area contributed by atoms with E-state index in [9.17, 15) is 24.0 Å². The molecule has 3 aromatic rings. The van der Waals surface area contributed by atoms with Gasteiger partial charge in [-0.2, -0.15) is 0 Å². The van der Waals surface area contributed by atoms with Crippen LogP contribution in [0, 0.1) is 12.7 Å². The van der Waals surface area contributed by atoms with E-state index in [1.54, 1.807) is 0 Å². The van der Waals surface area contributed by atoms with Crippen molar-refractivity contribution in [2.45, 2.75) is 56.9 Å². The van der Waals surface area contributed by atoms with Crippen molar-refractivity contribution in [1.29, 1.82) is 0 Å². The Morgan fingerprint density at radius 3 is 2.43 bits per heavy atom. The van der Waals surface area contributed by atoms with Gasteiger partial charge in [0.25, 0.3) is 0 Å². The molecule has 3 atom stereocenters. The zero-order chi connectivity index (χ0) is 26.4. The van der Waals surface area contributed by atoms with Crippen LogP contribution in [0.1, 0.15) is 59.0 Å². The van der Waals surface area contributed by atoms with Crippen molar-refractivity contribution >= 4 is 18.9 Å². The number of benzene rings is 3. The predicted molar refractivity (Wildman–Crippen MR) is 141 cm³/mol. The van der Waals surface area contributed by atoms with E-state index >= 15 is 0 Å². The van der Waals surface area contributed by atoms with Crippen molar-refractivity contribution in [3.63, 3.8) is 0 Å². The van der Waals surface area contributed by atoms with Gasteiger partial charge in [-0.1, -0.05) is 60.7 Å². The molecule has 8 heteroatoms. The van der Waals surface area contributed by atoms with Gasteiger partial charge in [0.1, 0.15) is 5.82 Å². The van der Waals surface area contributed by atoms with E-state index in [1.807, 2.05) is 49.4 Å². The first kappa shape index (κ1) is 26.6. The molecule has 0 radical (unpaired) electrons. The average Bonchev–Trinajstić information content (AvgIpc) is 2.89. The van der Waals surface area contributed by atoms with Crippen molar-refractivity contribution in [3.8, 4) is 0 Å². The topological polar surface area (TPSA) is 98.7 Å². The van der Waals surface area contributed by atoms with Gasteiger partial charge >= 0.3 is 7.12 Å². The molecule has 2 amide bonds. The van der Waals surface area contributed by atoms with Crippen LogP contribution in [0.5, 0.6) is 0 Å². The molecule has 37 heavy (non-hydrogen) atoms. The quantitative estimate of drug-likeness (QED) is 0.337. The molecule has 0 saturated carbocycles. The number of rotatable bonds is 9. The number of nitrogens with one attached hydrogen (secondary N) is 2. The molecule has 6 nitrogen and oxygen atoms in total. The summed E-state index contributed by atoms with van der Waals surface area (Å²) in [4.78, 5) is 26.6. The van der Waals surface area contributed by atoms with E-state index in [0.717, 1.165) is 36.0 Å². The van der Waals surface area contributed by atoms with E-state index in [0.29, 0.717) is 5.56 Å². The van der Waals surface area contributed by atoms with Crippen LogP contribution < -0.4 is 10.6 Å². The molecule has 0 aromatic heterocycles. The van der Waals surface area contributed by atoms with Crippen molar-refractivity contribution in [1.82, 2.24) is 10.6 Å². The third kappa shape index (κ3) is 6.84. The molecule has 0 aliphatic heterocycles. The fraction of sp³-hybridized carbons (Fsp3) is 0.310. The lowest BCUT2D eigenvalue weighted by Crippen LogP contribution is -2.49. The van der Waals surface area contributed by atoms with Crippen LogP contribution in [-0.4, -0.2) is 34.9 Å². The van der Waals surface area contributed by atoms with Crippen LogP contribution in [0.2, 0.25) is 0 Å². The van der Waals surface area contributed by atoms with E-state index in [4.69, 9.17) is 0 Å². The summed E-state index contributed by atoms with van der Waals surface area (Å²) in [7, 11) is -1.81. The second kappa shape index (κ2) is 12.2. The van der Waals surface area contributed by atoms with Gasteiger partial charge in [0, 0.05) is 0 Å². The maximum absolute atomic E-state index is 13.5. The summed E-state index contributed by atoms with van der Waals surface area (Å²) >= 11 is 0. The molecule has 0 bridgehead atoms. The number of hydrogen-bond donors (Lipinski definition) is 4. The summed E-state index contributed by atoms with van der Waals surface area (Å²) in [5.74, 6) is -2.23. The minimum absolute atomic E-state index is 0.0718. The van der Waals surface area contributed by atoms with Gasteiger partial charge in [-0.05, 0) is 72.6 Å². The fourth-order valence-electron chi connectivity index (χ4n) is 5.07. The van der Waals surface area contributed by atoms with Crippen LogP contribution >= 0.6 is 0 Å². The lowest BCUT2D eigenvalue weighted by Gasteiger charge is -2.28. The SMILES string of the molecule is Cc1ccccc1C(CC(=O)NC(Cc1ccc(F)cc1)B(O)O)NC(=O)C1CCCc2ccccc21. The summed E-state index contributed by atoms with van der Waals surface area (Å²) in [5, 5.41) is 25.5. The van der Waals surface area contributed by atoms with Gasteiger partial charge in [0.15, 0.2) is 0 Å². The number of hydrogen-bond acceptors (Lipinski definition) is 4. The van der Waals surface area contributed by atoms with Crippen molar-refractivity contribution < 1.29 is 24.0 Å². The smallest absolute Gasteiger partial charge is 0.426 e. The standard InChI is InChI=1S/C29H32BFN2O4/c1-19-7-2-4-10-23(19)26(32-29(35)25-12-6-9-21-8-3-5-11-24(21)25)18-28(34)33-27(30(36)37)17-20-13-15-22(31)16-14-20/h2-5,7-8,10-11,13-16,25-27,36-37H,6,9,12,17-18H2,1H3,(H,32,35)(H,33,34). The largest absolute Gasteiger partial charge is 0.475 e. The number of aryl methyl sites for hydroxylation is 2. The maximum Gasteiger partial charge on any atom is 0.475 e. The predicted octanol–water partition coefficient (Wildman–Crippen LogP) is 3.54. The Balaban J connectivity index is 1.50. The molecular formula is C29H32BFN2O4. The van der Waals surface area contributed by atoms with Crippen LogP contribution in [0.15, 0.2) is 72.8 Å². The number of carbonyl (C=O) groups excluding carboxylic acids is 2. The molecule has 3 unspecified atom stereocenters. The van der Waals surface area contributed by atoms with Gasteiger partial charge in [-0.25, -0.2) is 4.39 Å². The molecule has 1 aliphatic carbocycles. The second-order valence-corrected chi connectivity index (χ2v) is 9.68. The molecule has 0 heterocycles. The summed E-state index contributed by atoms with van der Waals surface area (Å²) in [6, 6.07) is 20.6. The van der Waals surface area contributed by atoms with Gasteiger partial charge in [0.05, 0.1) is 24.3 Å². The molecule has 0 fully saturated rings. The molecular weight excluding hydrogens is 470 g/mol. The molecule has 1 aliphatic rings. The first-order valence-corrected chi connectivity index (χ1v) is 12.7. The zero-order valence-corrected chi connectivity index (χ0v) is 20.9. The highest BCUT2D eigenvalue weighted by molar-refractivity contribution is 6.43. The molecule has 4 rings (SSSR count). The van der Waals surface area contributed by atoms with Crippen LogP contribution in [0.25, 0.3) is 0 Å². The summed E-state index contributed by atoms with van der Waals surface area (Å²) < 4.78 is 13.2. The van der Waals surface area contributed by atoms with Crippen molar-refractivity contribution in [2.75, 3.05) is 0 Å². The van der Waals surface area contributed by atoms with Gasteiger partial charge in [-0.15, -0.1) is 0 Å². The normalized spacial score (nSPS) is 16.3. The Kier molecular flexibility index (Phi) is 8.74. The van der Waals surface area contributed by atoms with Gasteiger partial charge in [0.2, 0.25) is 11.8 Å².